The number of Topliss-reactive ketones (excluding diaryl/α,β-unsaturated/α-hetero) is 1. The second kappa shape index (κ2) is 16.8. The summed E-state index contributed by atoms with van der Waals surface area (Å²) in [5.41, 5.74) is -2.26. The van der Waals surface area contributed by atoms with E-state index in [9.17, 15) is 24.3 Å². The lowest BCUT2D eigenvalue weighted by Crippen LogP contribution is -2.44. The zero-order chi connectivity index (χ0) is 20.5. The number of carbonyl (C=O) groups excluding carboxylic acids is 4. The Labute approximate surface area is 148 Å². The third-order valence-corrected chi connectivity index (χ3v) is 2.14. The van der Waals surface area contributed by atoms with Gasteiger partial charge in [-0.3, -0.25) is 9.59 Å². The van der Waals surface area contributed by atoms with E-state index in [-0.39, 0.29) is 25.6 Å². The second-order valence-corrected chi connectivity index (χ2v) is 4.62. The molecular formula is C16H30O9. The second-order valence-electron chi connectivity index (χ2n) is 4.62. The van der Waals surface area contributed by atoms with Gasteiger partial charge in [-0.05, 0) is 34.6 Å². The lowest BCUT2D eigenvalue weighted by molar-refractivity contribution is -0.177. The van der Waals surface area contributed by atoms with Crippen LogP contribution in [0.5, 0.6) is 0 Å². The molecule has 0 spiro atoms. The predicted molar refractivity (Wildman–Crippen MR) is 88.6 cm³/mol. The van der Waals surface area contributed by atoms with Crippen LogP contribution in [0.15, 0.2) is 0 Å². The van der Waals surface area contributed by atoms with Gasteiger partial charge in [0, 0.05) is 7.11 Å². The summed E-state index contributed by atoms with van der Waals surface area (Å²) < 4.78 is 14.0. The van der Waals surface area contributed by atoms with Crippen LogP contribution in [0.25, 0.3) is 0 Å². The van der Waals surface area contributed by atoms with Crippen LogP contribution < -0.4 is 0 Å². The standard InChI is InChI=1S/C12H20O7.C3H6O.CH4O/c1-4-17-9(13)7-12(16,11(15)19-6-3)8-10(14)18-5-2;1-3(2)4;1-2/h16H,4-8H2,1-3H3;1-2H3;2H,1H3. The topological polar surface area (TPSA) is 136 Å². The summed E-state index contributed by atoms with van der Waals surface area (Å²) in [6, 6.07) is 0. The quantitative estimate of drug-likeness (QED) is 0.461. The molecule has 0 aliphatic rings. The molecule has 0 bridgehead atoms. The number of ether oxygens (including phenoxy) is 3. The molecule has 0 atom stereocenters. The molecule has 9 nitrogen and oxygen atoms in total. The number of carbonyl (C=O) groups is 4. The van der Waals surface area contributed by atoms with Crippen LogP contribution >= 0.6 is 0 Å². The maximum atomic E-state index is 11.7. The molecule has 0 aliphatic heterocycles. The van der Waals surface area contributed by atoms with E-state index in [4.69, 9.17) is 5.11 Å². The average Bonchev–Trinajstić information content (AvgIpc) is 2.49. The van der Waals surface area contributed by atoms with Crippen molar-refractivity contribution in [1.29, 1.82) is 0 Å². The van der Waals surface area contributed by atoms with Crippen molar-refractivity contribution in [1.82, 2.24) is 0 Å². The summed E-state index contributed by atoms with van der Waals surface area (Å²) in [6.07, 6.45) is -1.31. The van der Waals surface area contributed by atoms with Crippen LogP contribution in [0.4, 0.5) is 0 Å². The van der Waals surface area contributed by atoms with Gasteiger partial charge in [0.1, 0.15) is 5.78 Å². The minimum atomic E-state index is -2.26. The number of aliphatic hydroxyl groups excluding tert-OH is 1. The maximum Gasteiger partial charge on any atom is 0.339 e. The Bertz CT molecular complexity index is 380. The molecule has 9 heteroatoms. The molecule has 0 saturated carbocycles. The molecule has 0 aliphatic carbocycles. The van der Waals surface area contributed by atoms with Crippen LogP contribution in [-0.4, -0.2) is 66.4 Å². The third kappa shape index (κ3) is 16.6. The highest BCUT2D eigenvalue weighted by atomic mass is 16.6. The van der Waals surface area contributed by atoms with E-state index in [1.807, 2.05) is 0 Å². The van der Waals surface area contributed by atoms with Crippen LogP contribution in [0.1, 0.15) is 47.5 Å². The first-order valence-corrected chi connectivity index (χ1v) is 7.75. The minimum absolute atomic E-state index is 0.0206. The van der Waals surface area contributed by atoms with E-state index in [0.29, 0.717) is 0 Å². The molecule has 0 aromatic rings. The molecule has 0 aromatic heterocycles. The smallest absolute Gasteiger partial charge is 0.339 e. The highest BCUT2D eigenvalue weighted by Gasteiger charge is 2.43. The SMILES string of the molecule is CC(C)=O.CCOC(=O)CC(O)(CC(=O)OCC)C(=O)OCC.CO. The van der Waals surface area contributed by atoms with Gasteiger partial charge < -0.3 is 29.2 Å². The van der Waals surface area contributed by atoms with E-state index in [1.54, 1.807) is 20.8 Å². The summed E-state index contributed by atoms with van der Waals surface area (Å²) in [5.74, 6) is -2.46. The Hall–Kier alpha value is -2.00. The zero-order valence-electron chi connectivity index (χ0n) is 15.8. The van der Waals surface area contributed by atoms with Gasteiger partial charge in [0.05, 0.1) is 32.7 Å². The third-order valence-electron chi connectivity index (χ3n) is 2.14. The highest BCUT2D eigenvalue weighted by Crippen LogP contribution is 2.19. The van der Waals surface area contributed by atoms with Crippen molar-refractivity contribution in [3.05, 3.63) is 0 Å². The highest BCUT2D eigenvalue weighted by molar-refractivity contribution is 5.90. The largest absolute Gasteiger partial charge is 0.466 e. The van der Waals surface area contributed by atoms with E-state index >= 15 is 0 Å². The molecule has 2 N–H and O–H groups in total. The van der Waals surface area contributed by atoms with Gasteiger partial charge in [-0.1, -0.05) is 0 Å². The summed E-state index contributed by atoms with van der Waals surface area (Å²) in [6.45, 7) is 8.02. The van der Waals surface area contributed by atoms with Crippen molar-refractivity contribution < 1.29 is 43.6 Å². The van der Waals surface area contributed by atoms with Gasteiger partial charge in [0.25, 0.3) is 0 Å². The predicted octanol–water partition coefficient (Wildman–Crippen LogP) is 0.391. The van der Waals surface area contributed by atoms with E-state index in [2.05, 4.69) is 14.2 Å². The lowest BCUT2D eigenvalue weighted by Gasteiger charge is -2.23. The molecule has 0 heterocycles. The minimum Gasteiger partial charge on any atom is -0.466 e. The van der Waals surface area contributed by atoms with Gasteiger partial charge in [-0.2, -0.15) is 0 Å². The van der Waals surface area contributed by atoms with E-state index in [0.717, 1.165) is 7.11 Å². The Balaban J connectivity index is -0.000000701. The first-order valence-electron chi connectivity index (χ1n) is 7.75. The molecule has 25 heavy (non-hydrogen) atoms. The van der Waals surface area contributed by atoms with Gasteiger partial charge >= 0.3 is 17.9 Å². The van der Waals surface area contributed by atoms with Gasteiger partial charge in [-0.15, -0.1) is 0 Å². The summed E-state index contributed by atoms with van der Waals surface area (Å²) in [7, 11) is 1.00. The van der Waals surface area contributed by atoms with Gasteiger partial charge in [-0.25, -0.2) is 4.79 Å². The Kier molecular flexibility index (Phi) is 18.8. The molecular weight excluding hydrogens is 336 g/mol. The normalized spacial score (nSPS) is 9.44. The number of hydrogen-bond donors (Lipinski definition) is 2. The summed E-state index contributed by atoms with van der Waals surface area (Å²) >= 11 is 0. The fourth-order valence-corrected chi connectivity index (χ4v) is 1.37. The molecule has 0 fully saturated rings. The average molecular weight is 366 g/mol. The Morgan fingerprint density at radius 3 is 1.28 bits per heavy atom. The van der Waals surface area contributed by atoms with Gasteiger partial charge in [0.2, 0.25) is 0 Å². The molecule has 0 radical (unpaired) electrons. The molecule has 0 saturated heterocycles. The lowest BCUT2D eigenvalue weighted by atomic mass is 9.95. The maximum absolute atomic E-state index is 11.7. The van der Waals surface area contributed by atoms with Crippen molar-refractivity contribution in [2.45, 2.75) is 53.1 Å². The number of aliphatic hydroxyl groups is 2. The Morgan fingerprint density at radius 1 is 0.760 bits per heavy atom. The van der Waals surface area contributed by atoms with E-state index in [1.165, 1.54) is 13.8 Å². The monoisotopic (exact) mass is 366 g/mol. The van der Waals surface area contributed by atoms with Crippen molar-refractivity contribution in [3.8, 4) is 0 Å². The first-order chi connectivity index (χ1) is 11.6. The van der Waals surface area contributed by atoms with Gasteiger partial charge in [0.15, 0.2) is 5.60 Å². The van der Waals surface area contributed by atoms with Crippen LogP contribution in [-0.2, 0) is 33.4 Å². The fourth-order valence-electron chi connectivity index (χ4n) is 1.37. The van der Waals surface area contributed by atoms with Crippen LogP contribution in [0.3, 0.4) is 0 Å². The molecule has 148 valence electrons. The molecule has 0 aromatic carbocycles. The number of hydrogen-bond acceptors (Lipinski definition) is 9. The number of esters is 3. The number of rotatable bonds is 8. The van der Waals surface area contributed by atoms with Crippen molar-refractivity contribution >= 4 is 23.7 Å². The molecule has 0 unspecified atom stereocenters. The van der Waals surface area contributed by atoms with Crippen molar-refractivity contribution in [2.75, 3.05) is 26.9 Å². The van der Waals surface area contributed by atoms with Crippen LogP contribution in [0, 0.1) is 0 Å². The first kappa shape index (κ1) is 27.8. The van der Waals surface area contributed by atoms with E-state index < -0.39 is 36.4 Å². The summed E-state index contributed by atoms with van der Waals surface area (Å²) in [4.78, 5) is 43.8. The van der Waals surface area contributed by atoms with Crippen molar-refractivity contribution in [2.24, 2.45) is 0 Å². The summed E-state index contributed by atoms with van der Waals surface area (Å²) in [5, 5.41) is 17.1. The fraction of sp³-hybridized carbons (Fsp3) is 0.750. The molecule has 0 amide bonds. The number of ketones is 1. The van der Waals surface area contributed by atoms with Crippen LogP contribution in [0.2, 0.25) is 0 Å². The Morgan fingerprint density at radius 2 is 1.04 bits per heavy atom. The van der Waals surface area contributed by atoms with Crippen molar-refractivity contribution in [3.63, 3.8) is 0 Å². The zero-order valence-corrected chi connectivity index (χ0v) is 15.8. The molecule has 0 rings (SSSR count).